The molecule has 2 heterocycles. The molecule has 150 valence electrons. The van der Waals surface area contributed by atoms with Gasteiger partial charge in [-0.1, -0.05) is 0 Å². The number of piperidine rings is 1. The van der Waals surface area contributed by atoms with Gasteiger partial charge in [0.25, 0.3) is 5.91 Å². The van der Waals surface area contributed by atoms with E-state index in [0.717, 1.165) is 25.8 Å². The second-order valence-electron chi connectivity index (χ2n) is 8.80. The van der Waals surface area contributed by atoms with Gasteiger partial charge < -0.3 is 16.0 Å². The van der Waals surface area contributed by atoms with Gasteiger partial charge in [-0.2, -0.15) is 5.10 Å². The minimum atomic E-state index is -0.145. The van der Waals surface area contributed by atoms with Crippen LogP contribution in [0.2, 0.25) is 0 Å². The Kier molecular flexibility index (Phi) is 5.89. The van der Waals surface area contributed by atoms with Crippen LogP contribution in [0.15, 0.2) is 6.07 Å². The number of hydrogen-bond acceptors (Lipinski definition) is 4. The Labute approximate surface area is 161 Å². The maximum Gasteiger partial charge on any atom is 0.274 e. The van der Waals surface area contributed by atoms with Crippen molar-refractivity contribution in [2.24, 2.45) is 5.73 Å². The second kappa shape index (κ2) is 8.00. The molecular weight excluding hydrogens is 342 g/mol. The average Bonchev–Trinajstić information content (AvgIpc) is 3.37. The first-order chi connectivity index (χ1) is 12.8. The Bertz CT molecular complexity index is 687. The number of nitrogens with two attached hydrogens (primary N) is 1. The molecule has 1 saturated carbocycles. The van der Waals surface area contributed by atoms with Crippen molar-refractivity contribution >= 4 is 11.8 Å². The van der Waals surface area contributed by atoms with Gasteiger partial charge in [0.2, 0.25) is 5.91 Å². The molecule has 0 aromatic carbocycles. The molecule has 1 aliphatic heterocycles. The number of rotatable bonds is 6. The van der Waals surface area contributed by atoms with Crippen molar-refractivity contribution in [3.8, 4) is 0 Å². The van der Waals surface area contributed by atoms with Crippen LogP contribution in [0.5, 0.6) is 0 Å². The van der Waals surface area contributed by atoms with Crippen LogP contribution in [0.4, 0.5) is 0 Å². The third-order valence-corrected chi connectivity index (χ3v) is 5.38. The summed E-state index contributed by atoms with van der Waals surface area (Å²) in [7, 11) is 0. The van der Waals surface area contributed by atoms with Crippen LogP contribution in [0.3, 0.4) is 0 Å². The molecule has 0 radical (unpaired) electrons. The Morgan fingerprint density at radius 2 is 2.00 bits per heavy atom. The van der Waals surface area contributed by atoms with Gasteiger partial charge in [-0.25, -0.2) is 0 Å². The van der Waals surface area contributed by atoms with Gasteiger partial charge in [-0.15, -0.1) is 0 Å². The van der Waals surface area contributed by atoms with Gasteiger partial charge in [-0.05, 0) is 58.9 Å². The van der Waals surface area contributed by atoms with Gasteiger partial charge in [0.1, 0.15) is 0 Å². The zero-order chi connectivity index (χ0) is 19.6. The normalized spacial score (nSPS) is 20.6. The maximum absolute atomic E-state index is 13.2. The zero-order valence-corrected chi connectivity index (χ0v) is 16.8. The number of aromatic nitrogens is 2. The molecule has 7 heteroatoms. The predicted molar refractivity (Wildman–Crippen MR) is 105 cm³/mol. The average molecular weight is 376 g/mol. The van der Waals surface area contributed by atoms with Gasteiger partial charge in [0, 0.05) is 43.7 Å². The molecule has 1 aromatic rings. The summed E-state index contributed by atoms with van der Waals surface area (Å²) in [5.41, 5.74) is 7.00. The lowest BCUT2D eigenvalue weighted by atomic mass is 10.0. The van der Waals surface area contributed by atoms with Crippen molar-refractivity contribution in [1.29, 1.82) is 0 Å². The predicted octanol–water partition coefficient (Wildman–Crippen LogP) is 1.98. The highest BCUT2D eigenvalue weighted by atomic mass is 16.2. The van der Waals surface area contributed by atoms with E-state index in [1.807, 2.05) is 15.6 Å². The van der Waals surface area contributed by atoms with Crippen molar-refractivity contribution in [2.75, 3.05) is 19.6 Å². The first kappa shape index (κ1) is 19.9. The molecule has 2 aliphatic rings. The molecule has 0 spiro atoms. The number of likely N-dealkylation sites (tertiary alicyclic amines) is 1. The second-order valence-corrected chi connectivity index (χ2v) is 8.80. The van der Waals surface area contributed by atoms with Crippen molar-refractivity contribution < 1.29 is 9.59 Å². The molecule has 1 saturated heterocycles. The van der Waals surface area contributed by atoms with Crippen LogP contribution < -0.4 is 11.1 Å². The summed E-state index contributed by atoms with van der Waals surface area (Å²) in [4.78, 5) is 26.9. The van der Waals surface area contributed by atoms with Crippen molar-refractivity contribution in [1.82, 2.24) is 20.0 Å². The van der Waals surface area contributed by atoms with Gasteiger partial charge >= 0.3 is 0 Å². The van der Waals surface area contributed by atoms with Crippen LogP contribution in [-0.2, 0) is 10.3 Å². The summed E-state index contributed by atoms with van der Waals surface area (Å²) < 4.78 is 2.03. The van der Waals surface area contributed by atoms with Crippen LogP contribution >= 0.6 is 0 Å². The Morgan fingerprint density at radius 3 is 2.63 bits per heavy atom. The first-order valence-electron chi connectivity index (χ1n) is 10.2. The molecule has 2 fully saturated rings. The molecule has 1 aromatic heterocycles. The molecule has 2 amide bonds. The summed E-state index contributed by atoms with van der Waals surface area (Å²) in [5.74, 6) is 0.465. The molecule has 1 unspecified atom stereocenters. The maximum atomic E-state index is 13.2. The lowest BCUT2D eigenvalue weighted by Gasteiger charge is -2.35. The summed E-state index contributed by atoms with van der Waals surface area (Å²) >= 11 is 0. The number of nitrogens with one attached hydrogen (secondary N) is 1. The smallest absolute Gasteiger partial charge is 0.274 e. The SMILES string of the molecule is CC(C)(C)n1nc(C(=O)N2CCCCC2CNC(=O)CCN)cc1C1CC1. The molecule has 3 N–H and O–H groups in total. The number of carbonyl (C=O) groups is 2. The molecule has 27 heavy (non-hydrogen) atoms. The fourth-order valence-corrected chi connectivity index (χ4v) is 3.79. The standard InChI is InChI=1S/C20H33N5O2/c1-20(2,3)25-17(14-7-8-14)12-16(23-25)19(27)24-11-5-4-6-15(24)13-22-18(26)9-10-21/h12,14-15H,4-11,13,21H2,1-3H3,(H,22,26). The molecule has 1 atom stereocenters. The number of hydrogen-bond donors (Lipinski definition) is 2. The molecular formula is C20H33N5O2. The quantitative estimate of drug-likeness (QED) is 0.795. The van der Waals surface area contributed by atoms with Crippen LogP contribution in [0.25, 0.3) is 0 Å². The Hall–Kier alpha value is -1.89. The molecule has 0 bridgehead atoms. The molecule has 1 aliphatic carbocycles. The largest absolute Gasteiger partial charge is 0.354 e. The number of carbonyl (C=O) groups excluding carboxylic acids is 2. The summed E-state index contributed by atoms with van der Waals surface area (Å²) in [6.07, 6.45) is 5.65. The van der Waals surface area contributed by atoms with Crippen molar-refractivity contribution in [2.45, 2.75) is 76.8 Å². The lowest BCUT2D eigenvalue weighted by Crippen LogP contribution is -2.49. The van der Waals surface area contributed by atoms with E-state index in [4.69, 9.17) is 10.8 Å². The van der Waals surface area contributed by atoms with Crippen molar-refractivity contribution in [3.63, 3.8) is 0 Å². The van der Waals surface area contributed by atoms with E-state index >= 15 is 0 Å². The van der Waals surface area contributed by atoms with E-state index < -0.39 is 0 Å². The van der Waals surface area contributed by atoms with E-state index in [9.17, 15) is 9.59 Å². The summed E-state index contributed by atoms with van der Waals surface area (Å²) in [6, 6.07) is 2.02. The van der Waals surface area contributed by atoms with E-state index in [2.05, 4.69) is 26.1 Å². The molecule has 3 rings (SSSR count). The van der Waals surface area contributed by atoms with E-state index in [1.165, 1.54) is 18.5 Å². The van der Waals surface area contributed by atoms with Crippen LogP contribution in [0, 0.1) is 0 Å². The zero-order valence-electron chi connectivity index (χ0n) is 16.8. The van der Waals surface area contributed by atoms with E-state index in [1.54, 1.807) is 0 Å². The fourth-order valence-electron chi connectivity index (χ4n) is 3.79. The third kappa shape index (κ3) is 4.69. The summed E-state index contributed by atoms with van der Waals surface area (Å²) in [5, 5.41) is 7.62. The lowest BCUT2D eigenvalue weighted by molar-refractivity contribution is -0.121. The van der Waals surface area contributed by atoms with Crippen LogP contribution in [0.1, 0.15) is 81.4 Å². The minimum absolute atomic E-state index is 0.0160. The Balaban J connectivity index is 1.75. The van der Waals surface area contributed by atoms with Gasteiger partial charge in [-0.3, -0.25) is 14.3 Å². The third-order valence-electron chi connectivity index (χ3n) is 5.38. The highest BCUT2D eigenvalue weighted by Gasteiger charge is 2.35. The fraction of sp³-hybridized carbons (Fsp3) is 0.750. The van der Waals surface area contributed by atoms with Crippen LogP contribution in [-0.4, -0.2) is 52.2 Å². The van der Waals surface area contributed by atoms with E-state index in [0.29, 0.717) is 31.1 Å². The molecule has 7 nitrogen and oxygen atoms in total. The van der Waals surface area contributed by atoms with Crippen molar-refractivity contribution in [3.05, 3.63) is 17.5 Å². The van der Waals surface area contributed by atoms with E-state index in [-0.39, 0.29) is 23.4 Å². The first-order valence-corrected chi connectivity index (χ1v) is 10.2. The minimum Gasteiger partial charge on any atom is -0.354 e. The monoisotopic (exact) mass is 375 g/mol. The van der Waals surface area contributed by atoms with Gasteiger partial charge in [0.15, 0.2) is 5.69 Å². The summed E-state index contributed by atoms with van der Waals surface area (Å²) in [6.45, 7) is 7.91. The highest BCUT2D eigenvalue weighted by molar-refractivity contribution is 5.93. The number of amides is 2. The topological polar surface area (TPSA) is 93.2 Å². The van der Waals surface area contributed by atoms with Gasteiger partial charge in [0.05, 0.1) is 5.54 Å². The Morgan fingerprint density at radius 1 is 1.26 bits per heavy atom. The highest BCUT2D eigenvalue weighted by Crippen LogP contribution is 2.42. The number of nitrogens with zero attached hydrogens (tertiary/aromatic N) is 3.